The van der Waals surface area contributed by atoms with Crippen LogP contribution in [0.4, 0.5) is 4.39 Å². The molecule has 1 aliphatic rings. The molecule has 3 nitrogen and oxygen atoms in total. The largest absolute Gasteiger partial charge is 0.464 e. The Balaban J connectivity index is 2.33. The molecule has 0 aromatic carbocycles. The third-order valence-electron chi connectivity index (χ3n) is 1.92. The van der Waals surface area contributed by atoms with Crippen LogP contribution in [0.15, 0.2) is 0 Å². The van der Waals surface area contributed by atoms with Crippen molar-refractivity contribution in [1.29, 1.82) is 0 Å². The fourth-order valence-corrected chi connectivity index (χ4v) is 1.04. The van der Waals surface area contributed by atoms with Crippen molar-refractivity contribution in [3.05, 3.63) is 0 Å². The number of aliphatic hydroxyl groups is 1. The zero-order valence-corrected chi connectivity index (χ0v) is 7.00. The van der Waals surface area contributed by atoms with E-state index in [0.717, 1.165) is 12.8 Å². The van der Waals surface area contributed by atoms with Gasteiger partial charge in [-0.1, -0.05) is 0 Å². The lowest BCUT2D eigenvalue weighted by Crippen LogP contribution is -2.33. The van der Waals surface area contributed by atoms with Gasteiger partial charge in [-0.15, -0.1) is 0 Å². The molecule has 0 heterocycles. The molecule has 0 aromatic rings. The van der Waals surface area contributed by atoms with Gasteiger partial charge in [0.05, 0.1) is 12.7 Å². The van der Waals surface area contributed by atoms with Crippen LogP contribution in [0.3, 0.4) is 0 Å². The van der Waals surface area contributed by atoms with Crippen LogP contribution >= 0.6 is 0 Å². The zero-order valence-electron chi connectivity index (χ0n) is 7.00. The van der Waals surface area contributed by atoms with E-state index in [2.05, 4.69) is 4.74 Å². The summed E-state index contributed by atoms with van der Waals surface area (Å²) >= 11 is 0. The quantitative estimate of drug-likeness (QED) is 0.640. The maximum atomic E-state index is 12.9. The Morgan fingerprint density at radius 2 is 2.33 bits per heavy atom. The maximum Gasteiger partial charge on any atom is 0.343 e. The minimum absolute atomic E-state index is 0.0376. The molecule has 0 amide bonds. The van der Waals surface area contributed by atoms with Gasteiger partial charge in [-0.3, -0.25) is 0 Å². The molecule has 1 fully saturated rings. The number of halogens is 1. The molecule has 12 heavy (non-hydrogen) atoms. The number of carbonyl (C=O) groups is 1. The fourth-order valence-electron chi connectivity index (χ4n) is 1.04. The van der Waals surface area contributed by atoms with E-state index in [1.54, 1.807) is 6.92 Å². The highest BCUT2D eigenvalue weighted by molar-refractivity contribution is 5.75. The smallest absolute Gasteiger partial charge is 0.343 e. The summed E-state index contributed by atoms with van der Waals surface area (Å²) in [6.07, 6.45) is -1.41. The predicted octanol–water partition coefficient (Wildman–Crippen LogP) is 0.659. The van der Waals surface area contributed by atoms with Gasteiger partial charge < -0.3 is 9.84 Å². The molecular formula is C8H13FO3. The predicted molar refractivity (Wildman–Crippen MR) is 40.3 cm³/mol. The molecule has 4 heteroatoms. The Morgan fingerprint density at radius 3 is 2.75 bits per heavy atom. The van der Waals surface area contributed by atoms with Crippen molar-refractivity contribution >= 4 is 5.97 Å². The SMILES string of the molecule is CCOC(=O)C(F)C(O)C1CC1. The first-order chi connectivity index (χ1) is 5.66. The topological polar surface area (TPSA) is 46.5 Å². The molecule has 0 aromatic heterocycles. The fraction of sp³-hybridized carbons (Fsp3) is 0.875. The van der Waals surface area contributed by atoms with E-state index >= 15 is 0 Å². The Bertz CT molecular complexity index is 168. The van der Waals surface area contributed by atoms with Crippen LogP contribution in [0, 0.1) is 5.92 Å². The molecule has 0 spiro atoms. The number of hydrogen-bond acceptors (Lipinski definition) is 3. The first-order valence-corrected chi connectivity index (χ1v) is 4.15. The van der Waals surface area contributed by atoms with Crippen LogP contribution in [-0.4, -0.2) is 30.0 Å². The van der Waals surface area contributed by atoms with Crippen molar-refractivity contribution in [3.8, 4) is 0 Å². The third-order valence-corrected chi connectivity index (χ3v) is 1.92. The van der Waals surface area contributed by atoms with Gasteiger partial charge in [0, 0.05) is 0 Å². The second kappa shape index (κ2) is 3.85. The van der Waals surface area contributed by atoms with E-state index in [9.17, 15) is 14.3 Å². The monoisotopic (exact) mass is 176 g/mol. The van der Waals surface area contributed by atoms with Crippen LogP contribution < -0.4 is 0 Å². The summed E-state index contributed by atoms with van der Waals surface area (Å²) in [7, 11) is 0. The Morgan fingerprint density at radius 1 is 1.75 bits per heavy atom. The normalized spacial score (nSPS) is 21.6. The van der Waals surface area contributed by atoms with Gasteiger partial charge in [-0.25, -0.2) is 9.18 Å². The summed E-state index contributed by atoms with van der Waals surface area (Å²) in [6.45, 7) is 1.75. The van der Waals surface area contributed by atoms with Gasteiger partial charge in [-0.2, -0.15) is 0 Å². The molecule has 0 radical (unpaired) electrons. The lowest BCUT2D eigenvalue weighted by Gasteiger charge is -2.12. The van der Waals surface area contributed by atoms with E-state index < -0.39 is 18.2 Å². The van der Waals surface area contributed by atoms with Crippen molar-refractivity contribution in [1.82, 2.24) is 0 Å². The van der Waals surface area contributed by atoms with E-state index in [0.29, 0.717) is 0 Å². The van der Waals surface area contributed by atoms with Crippen molar-refractivity contribution in [2.24, 2.45) is 5.92 Å². The number of alkyl halides is 1. The third kappa shape index (κ3) is 2.17. The van der Waals surface area contributed by atoms with Crippen LogP contribution in [0.1, 0.15) is 19.8 Å². The van der Waals surface area contributed by atoms with Crippen LogP contribution in [-0.2, 0) is 9.53 Å². The van der Waals surface area contributed by atoms with Crippen LogP contribution in [0.25, 0.3) is 0 Å². The van der Waals surface area contributed by atoms with Crippen molar-refractivity contribution < 1.29 is 19.0 Å². The molecule has 2 unspecified atom stereocenters. The van der Waals surface area contributed by atoms with Gasteiger partial charge in [0.25, 0.3) is 0 Å². The summed E-state index contributed by atoms with van der Waals surface area (Å²) in [5.41, 5.74) is 0. The molecule has 70 valence electrons. The highest BCUT2D eigenvalue weighted by atomic mass is 19.1. The molecule has 0 bridgehead atoms. The van der Waals surface area contributed by atoms with Crippen LogP contribution in [0.5, 0.6) is 0 Å². The first-order valence-electron chi connectivity index (χ1n) is 4.15. The molecular weight excluding hydrogens is 163 g/mol. The number of esters is 1. The standard InChI is InChI=1S/C8H13FO3/c1-2-12-8(11)6(9)7(10)5-3-4-5/h5-7,10H,2-4H2,1H3. The summed E-state index contributed by atoms with van der Waals surface area (Å²) < 4.78 is 17.4. The lowest BCUT2D eigenvalue weighted by molar-refractivity contribution is -0.154. The molecule has 0 saturated heterocycles. The molecule has 0 aliphatic heterocycles. The number of aliphatic hydroxyl groups excluding tert-OH is 1. The van der Waals surface area contributed by atoms with E-state index in [1.165, 1.54) is 0 Å². The summed E-state index contributed by atoms with van der Waals surface area (Å²) in [6, 6.07) is 0. The summed E-state index contributed by atoms with van der Waals surface area (Å²) in [5.74, 6) is -0.985. The molecule has 1 aliphatic carbocycles. The minimum Gasteiger partial charge on any atom is -0.464 e. The average molecular weight is 176 g/mol. The van der Waals surface area contributed by atoms with Gasteiger partial charge >= 0.3 is 5.97 Å². The second-order valence-corrected chi connectivity index (χ2v) is 2.98. The van der Waals surface area contributed by atoms with Gasteiger partial charge in [-0.05, 0) is 25.7 Å². The van der Waals surface area contributed by atoms with Gasteiger partial charge in [0.2, 0.25) is 6.17 Å². The Hall–Kier alpha value is -0.640. The Kier molecular flexibility index (Phi) is 3.03. The Labute approximate surface area is 70.5 Å². The molecule has 1 N–H and O–H groups in total. The van der Waals surface area contributed by atoms with Crippen molar-refractivity contribution in [3.63, 3.8) is 0 Å². The number of carbonyl (C=O) groups excluding carboxylic acids is 1. The average Bonchev–Trinajstić information content (AvgIpc) is 2.84. The first kappa shape index (κ1) is 9.45. The number of rotatable bonds is 4. The summed E-state index contributed by atoms with van der Waals surface area (Å²) in [4.78, 5) is 10.8. The second-order valence-electron chi connectivity index (χ2n) is 2.98. The minimum atomic E-state index is -1.86. The molecule has 1 saturated carbocycles. The van der Waals surface area contributed by atoms with Crippen molar-refractivity contribution in [2.45, 2.75) is 32.0 Å². The zero-order chi connectivity index (χ0) is 9.14. The van der Waals surface area contributed by atoms with E-state index in [1.807, 2.05) is 0 Å². The molecule has 1 rings (SSSR count). The maximum absolute atomic E-state index is 12.9. The van der Waals surface area contributed by atoms with E-state index in [-0.39, 0.29) is 12.5 Å². The highest BCUT2D eigenvalue weighted by Gasteiger charge is 2.39. The molecule has 2 atom stereocenters. The van der Waals surface area contributed by atoms with Gasteiger partial charge in [0.1, 0.15) is 0 Å². The van der Waals surface area contributed by atoms with Crippen molar-refractivity contribution in [2.75, 3.05) is 6.61 Å². The summed E-state index contributed by atoms with van der Waals surface area (Å²) in [5, 5.41) is 9.18. The number of hydrogen-bond donors (Lipinski definition) is 1. The number of ether oxygens (including phenoxy) is 1. The van der Waals surface area contributed by atoms with Crippen LogP contribution in [0.2, 0.25) is 0 Å². The van der Waals surface area contributed by atoms with E-state index in [4.69, 9.17) is 0 Å². The lowest BCUT2D eigenvalue weighted by atomic mass is 10.1. The highest BCUT2D eigenvalue weighted by Crippen LogP contribution is 2.34. The van der Waals surface area contributed by atoms with Gasteiger partial charge in [0.15, 0.2) is 0 Å².